The quantitative estimate of drug-likeness (QED) is 0.661. The number of rotatable bonds is 3. The van der Waals surface area contributed by atoms with Gasteiger partial charge in [-0.15, -0.1) is 11.3 Å². The third kappa shape index (κ3) is 3.28. The molecule has 0 saturated carbocycles. The SMILES string of the molecule is NC(=O)Nc1cccc(NC(=O)c2sc3ccccc3c2Cl)c1. The van der Waals surface area contributed by atoms with Crippen molar-refractivity contribution in [3.05, 3.63) is 58.4 Å². The molecule has 3 aromatic rings. The monoisotopic (exact) mass is 345 g/mol. The van der Waals surface area contributed by atoms with E-state index in [4.69, 9.17) is 17.3 Å². The van der Waals surface area contributed by atoms with Gasteiger partial charge in [0.15, 0.2) is 0 Å². The molecule has 0 spiro atoms. The largest absolute Gasteiger partial charge is 0.351 e. The Labute approximate surface area is 141 Å². The van der Waals surface area contributed by atoms with Crippen LogP contribution in [-0.2, 0) is 0 Å². The zero-order valence-electron chi connectivity index (χ0n) is 11.8. The number of benzene rings is 2. The molecule has 3 rings (SSSR count). The number of carbonyl (C=O) groups is 2. The maximum Gasteiger partial charge on any atom is 0.316 e. The average Bonchev–Trinajstić information content (AvgIpc) is 2.85. The predicted molar refractivity (Wildman–Crippen MR) is 94.4 cm³/mol. The molecule has 0 saturated heterocycles. The third-order valence-corrected chi connectivity index (χ3v) is 4.80. The van der Waals surface area contributed by atoms with Crippen LogP contribution in [0, 0.1) is 0 Å². The highest BCUT2D eigenvalue weighted by molar-refractivity contribution is 7.21. The lowest BCUT2D eigenvalue weighted by molar-refractivity contribution is 0.103. The van der Waals surface area contributed by atoms with Crippen molar-refractivity contribution in [2.24, 2.45) is 5.73 Å². The van der Waals surface area contributed by atoms with Crippen molar-refractivity contribution in [1.29, 1.82) is 0 Å². The Kier molecular flexibility index (Phi) is 4.18. The van der Waals surface area contributed by atoms with E-state index in [2.05, 4.69) is 10.6 Å². The maximum absolute atomic E-state index is 12.4. The average molecular weight is 346 g/mol. The Bertz CT molecular complexity index is 907. The van der Waals surface area contributed by atoms with Crippen molar-refractivity contribution >= 4 is 56.3 Å². The first-order valence-corrected chi connectivity index (χ1v) is 7.89. The van der Waals surface area contributed by atoms with E-state index < -0.39 is 6.03 Å². The van der Waals surface area contributed by atoms with E-state index in [0.29, 0.717) is 21.3 Å². The van der Waals surface area contributed by atoms with Crippen LogP contribution in [0.15, 0.2) is 48.5 Å². The zero-order chi connectivity index (χ0) is 16.4. The molecular weight excluding hydrogens is 334 g/mol. The fourth-order valence-corrected chi connectivity index (χ4v) is 3.58. The number of hydrogen-bond acceptors (Lipinski definition) is 3. The lowest BCUT2D eigenvalue weighted by Gasteiger charge is -2.07. The summed E-state index contributed by atoms with van der Waals surface area (Å²) in [5.41, 5.74) is 6.11. The molecule has 3 amide bonds. The number of anilines is 2. The molecule has 2 aromatic carbocycles. The van der Waals surface area contributed by atoms with Crippen LogP contribution < -0.4 is 16.4 Å². The van der Waals surface area contributed by atoms with Crippen molar-refractivity contribution in [2.45, 2.75) is 0 Å². The molecule has 5 nitrogen and oxygen atoms in total. The van der Waals surface area contributed by atoms with Crippen LogP contribution in [0.5, 0.6) is 0 Å². The van der Waals surface area contributed by atoms with Crippen LogP contribution in [-0.4, -0.2) is 11.9 Å². The van der Waals surface area contributed by atoms with Crippen LogP contribution in [0.1, 0.15) is 9.67 Å². The Balaban J connectivity index is 1.86. The molecule has 1 heterocycles. The molecule has 7 heteroatoms. The number of carbonyl (C=O) groups excluding carboxylic acids is 2. The van der Waals surface area contributed by atoms with Gasteiger partial charge in [-0.25, -0.2) is 4.79 Å². The van der Waals surface area contributed by atoms with Gasteiger partial charge >= 0.3 is 6.03 Å². The zero-order valence-corrected chi connectivity index (χ0v) is 13.4. The molecule has 0 radical (unpaired) electrons. The maximum atomic E-state index is 12.4. The molecular formula is C16H12ClN3O2S. The van der Waals surface area contributed by atoms with Crippen LogP contribution in [0.3, 0.4) is 0 Å². The second-order valence-corrected chi connectivity index (χ2v) is 6.20. The highest BCUT2D eigenvalue weighted by Crippen LogP contribution is 2.35. The van der Waals surface area contributed by atoms with E-state index in [9.17, 15) is 9.59 Å². The second-order valence-electron chi connectivity index (χ2n) is 4.77. The van der Waals surface area contributed by atoms with Crippen LogP contribution in [0.25, 0.3) is 10.1 Å². The van der Waals surface area contributed by atoms with Crippen LogP contribution in [0.2, 0.25) is 5.02 Å². The van der Waals surface area contributed by atoms with E-state index in [0.717, 1.165) is 10.1 Å². The first-order chi connectivity index (χ1) is 11.0. The Morgan fingerprint density at radius 2 is 1.70 bits per heavy atom. The molecule has 4 N–H and O–H groups in total. The van der Waals surface area contributed by atoms with E-state index >= 15 is 0 Å². The fourth-order valence-electron chi connectivity index (χ4n) is 2.16. The Hall–Kier alpha value is -2.57. The van der Waals surface area contributed by atoms with Crippen molar-refractivity contribution < 1.29 is 9.59 Å². The van der Waals surface area contributed by atoms with Gasteiger partial charge in [-0.05, 0) is 24.3 Å². The minimum Gasteiger partial charge on any atom is -0.351 e. The lowest BCUT2D eigenvalue weighted by atomic mass is 10.2. The number of thiophene rings is 1. The molecule has 116 valence electrons. The van der Waals surface area contributed by atoms with E-state index in [1.54, 1.807) is 24.3 Å². The van der Waals surface area contributed by atoms with Gasteiger partial charge in [0.05, 0.1) is 5.02 Å². The molecule has 0 aliphatic rings. The van der Waals surface area contributed by atoms with Gasteiger partial charge in [-0.1, -0.05) is 35.9 Å². The summed E-state index contributed by atoms with van der Waals surface area (Å²) in [6.45, 7) is 0. The van der Waals surface area contributed by atoms with Crippen LogP contribution >= 0.6 is 22.9 Å². The summed E-state index contributed by atoms with van der Waals surface area (Å²) in [5.74, 6) is -0.299. The molecule has 0 atom stereocenters. The number of halogens is 1. The molecule has 0 aliphatic heterocycles. The second kappa shape index (κ2) is 6.28. The highest BCUT2D eigenvalue weighted by atomic mass is 35.5. The first kappa shape index (κ1) is 15.3. The number of urea groups is 1. The van der Waals surface area contributed by atoms with Gasteiger partial charge in [0.25, 0.3) is 5.91 Å². The number of nitrogens with two attached hydrogens (primary N) is 1. The van der Waals surface area contributed by atoms with Gasteiger partial charge in [-0.2, -0.15) is 0 Å². The van der Waals surface area contributed by atoms with Crippen molar-refractivity contribution in [3.8, 4) is 0 Å². The Morgan fingerprint density at radius 1 is 1.00 bits per heavy atom. The van der Waals surface area contributed by atoms with Gasteiger partial charge in [0.1, 0.15) is 4.88 Å². The molecule has 0 fully saturated rings. The fraction of sp³-hybridized carbons (Fsp3) is 0. The summed E-state index contributed by atoms with van der Waals surface area (Å²) in [5, 5.41) is 6.52. The molecule has 0 bridgehead atoms. The Morgan fingerprint density at radius 3 is 2.39 bits per heavy atom. The summed E-state index contributed by atoms with van der Waals surface area (Å²) in [4.78, 5) is 23.8. The summed E-state index contributed by atoms with van der Waals surface area (Å²) in [7, 11) is 0. The minimum absolute atomic E-state index is 0.299. The standard InChI is InChI=1S/C16H12ClN3O2S/c17-13-11-6-1-2-7-12(11)23-14(13)15(21)19-9-4-3-5-10(8-9)20-16(18)22/h1-8H,(H,19,21)(H3,18,20,22). The van der Waals surface area contributed by atoms with Crippen molar-refractivity contribution in [1.82, 2.24) is 0 Å². The normalized spacial score (nSPS) is 10.5. The van der Waals surface area contributed by atoms with Gasteiger partial charge in [-0.3, -0.25) is 4.79 Å². The summed E-state index contributed by atoms with van der Waals surface area (Å²) < 4.78 is 0.951. The minimum atomic E-state index is -0.666. The van der Waals surface area contributed by atoms with Gasteiger partial charge < -0.3 is 16.4 Å². The third-order valence-electron chi connectivity index (χ3n) is 3.13. The van der Waals surface area contributed by atoms with Gasteiger partial charge in [0.2, 0.25) is 0 Å². The van der Waals surface area contributed by atoms with Gasteiger partial charge in [0, 0.05) is 21.5 Å². The molecule has 1 aromatic heterocycles. The van der Waals surface area contributed by atoms with E-state index in [1.165, 1.54) is 11.3 Å². The molecule has 0 unspecified atom stereocenters. The summed E-state index contributed by atoms with van der Waals surface area (Å²) >= 11 is 7.63. The van der Waals surface area contributed by atoms with Crippen molar-refractivity contribution in [3.63, 3.8) is 0 Å². The number of amides is 3. The molecule has 0 aliphatic carbocycles. The first-order valence-electron chi connectivity index (χ1n) is 6.69. The number of hydrogen-bond donors (Lipinski definition) is 3. The summed E-state index contributed by atoms with van der Waals surface area (Å²) in [6, 6.07) is 13.6. The number of primary amides is 1. The number of nitrogens with one attached hydrogen (secondary N) is 2. The lowest BCUT2D eigenvalue weighted by Crippen LogP contribution is -2.19. The van der Waals surface area contributed by atoms with E-state index in [-0.39, 0.29) is 5.91 Å². The highest BCUT2D eigenvalue weighted by Gasteiger charge is 2.17. The predicted octanol–water partition coefficient (Wildman–Crippen LogP) is 4.30. The summed E-state index contributed by atoms with van der Waals surface area (Å²) in [6.07, 6.45) is 0. The van der Waals surface area contributed by atoms with Crippen molar-refractivity contribution in [2.75, 3.05) is 10.6 Å². The smallest absolute Gasteiger partial charge is 0.316 e. The number of fused-ring (bicyclic) bond motifs is 1. The van der Waals surface area contributed by atoms with Crippen LogP contribution in [0.4, 0.5) is 16.2 Å². The van der Waals surface area contributed by atoms with E-state index in [1.807, 2.05) is 24.3 Å². The topological polar surface area (TPSA) is 84.2 Å². The molecule has 23 heavy (non-hydrogen) atoms.